The summed E-state index contributed by atoms with van der Waals surface area (Å²) in [5, 5.41) is 3.62. The van der Waals surface area contributed by atoms with Crippen molar-refractivity contribution in [3.63, 3.8) is 0 Å². The standard InChI is InChI=1S/C20H18F3N3OS/c1-28-19-25-11-12-26(19)17-4-2-3-15(13-17)18(27)24-10-9-14-5-7-16(8-6-14)20(21,22)23/h2-8,11-13H,9-10H2,1H3,(H,24,27). The Bertz CT molecular complexity index is 952. The van der Waals surface area contributed by atoms with Crippen molar-refractivity contribution in [1.29, 1.82) is 0 Å². The first-order chi connectivity index (χ1) is 13.4. The Balaban J connectivity index is 1.60. The van der Waals surface area contributed by atoms with Gasteiger partial charge in [0.05, 0.1) is 5.56 Å². The Morgan fingerprint density at radius 1 is 1.18 bits per heavy atom. The molecule has 0 spiro atoms. The lowest BCUT2D eigenvalue weighted by molar-refractivity contribution is -0.137. The summed E-state index contributed by atoms with van der Waals surface area (Å²) < 4.78 is 39.6. The maximum Gasteiger partial charge on any atom is 0.416 e. The van der Waals surface area contributed by atoms with Crippen LogP contribution in [0.25, 0.3) is 5.69 Å². The lowest BCUT2D eigenvalue weighted by Crippen LogP contribution is -2.25. The van der Waals surface area contributed by atoms with E-state index in [0.29, 0.717) is 18.5 Å². The average Bonchev–Trinajstić information content (AvgIpc) is 3.16. The quantitative estimate of drug-likeness (QED) is 0.611. The zero-order chi connectivity index (χ0) is 20.1. The molecule has 1 amide bonds. The zero-order valence-electron chi connectivity index (χ0n) is 15.0. The van der Waals surface area contributed by atoms with E-state index in [0.717, 1.165) is 28.5 Å². The Kier molecular flexibility index (Phi) is 6.08. The van der Waals surface area contributed by atoms with Crippen LogP contribution in [0.15, 0.2) is 66.1 Å². The van der Waals surface area contributed by atoms with Gasteiger partial charge in [-0.25, -0.2) is 4.98 Å². The molecular formula is C20H18F3N3OS. The summed E-state index contributed by atoms with van der Waals surface area (Å²) in [5.41, 5.74) is 1.38. The number of rotatable bonds is 6. The average molecular weight is 405 g/mol. The molecule has 1 aromatic heterocycles. The molecule has 0 bridgehead atoms. The van der Waals surface area contributed by atoms with Gasteiger partial charge in [0.1, 0.15) is 0 Å². The van der Waals surface area contributed by atoms with Crippen LogP contribution in [0.2, 0.25) is 0 Å². The second-order valence-electron chi connectivity index (χ2n) is 6.03. The molecule has 0 atom stereocenters. The molecule has 2 aromatic carbocycles. The fourth-order valence-corrected chi connectivity index (χ4v) is 3.25. The number of halogens is 3. The van der Waals surface area contributed by atoms with Crippen molar-refractivity contribution in [3.8, 4) is 5.69 Å². The van der Waals surface area contributed by atoms with Gasteiger partial charge in [-0.15, -0.1) is 0 Å². The number of benzene rings is 2. The van der Waals surface area contributed by atoms with E-state index >= 15 is 0 Å². The van der Waals surface area contributed by atoms with Crippen LogP contribution in [0.4, 0.5) is 13.2 Å². The fraction of sp³-hybridized carbons (Fsp3) is 0.200. The number of amides is 1. The molecule has 8 heteroatoms. The third-order valence-corrected chi connectivity index (χ3v) is 4.82. The second-order valence-corrected chi connectivity index (χ2v) is 6.81. The summed E-state index contributed by atoms with van der Waals surface area (Å²) in [6.45, 7) is 0.329. The number of nitrogens with one attached hydrogen (secondary N) is 1. The first-order valence-electron chi connectivity index (χ1n) is 8.50. The highest BCUT2D eigenvalue weighted by Gasteiger charge is 2.29. The molecule has 0 aliphatic rings. The smallest absolute Gasteiger partial charge is 0.352 e. The molecule has 1 N–H and O–H groups in total. The summed E-state index contributed by atoms with van der Waals surface area (Å²) >= 11 is 1.51. The van der Waals surface area contributed by atoms with Gasteiger partial charge < -0.3 is 5.32 Å². The van der Waals surface area contributed by atoms with Crippen LogP contribution < -0.4 is 5.32 Å². The molecule has 0 fully saturated rings. The van der Waals surface area contributed by atoms with E-state index in [-0.39, 0.29) is 5.91 Å². The molecule has 0 radical (unpaired) electrons. The number of carbonyl (C=O) groups excluding carboxylic acids is 1. The van der Waals surface area contributed by atoms with Gasteiger partial charge in [-0.05, 0) is 48.6 Å². The number of carbonyl (C=O) groups is 1. The first-order valence-corrected chi connectivity index (χ1v) is 9.73. The Morgan fingerprint density at radius 2 is 1.93 bits per heavy atom. The van der Waals surface area contributed by atoms with Gasteiger partial charge in [-0.1, -0.05) is 30.0 Å². The summed E-state index contributed by atoms with van der Waals surface area (Å²) in [4.78, 5) is 16.7. The molecule has 0 saturated carbocycles. The van der Waals surface area contributed by atoms with E-state index in [4.69, 9.17) is 0 Å². The van der Waals surface area contributed by atoms with Gasteiger partial charge in [0, 0.05) is 30.2 Å². The van der Waals surface area contributed by atoms with Gasteiger partial charge in [0.2, 0.25) is 0 Å². The van der Waals surface area contributed by atoms with Gasteiger partial charge in [0.15, 0.2) is 5.16 Å². The minimum atomic E-state index is -4.34. The number of thioether (sulfide) groups is 1. The summed E-state index contributed by atoms with van der Waals surface area (Å²) in [6, 6.07) is 12.1. The maximum atomic E-state index is 12.6. The second kappa shape index (κ2) is 8.52. The number of hydrogen-bond acceptors (Lipinski definition) is 3. The minimum Gasteiger partial charge on any atom is -0.352 e. The lowest BCUT2D eigenvalue weighted by atomic mass is 10.1. The summed E-state index contributed by atoms with van der Waals surface area (Å²) in [6.07, 6.45) is 1.55. The van der Waals surface area contributed by atoms with E-state index in [9.17, 15) is 18.0 Å². The monoisotopic (exact) mass is 405 g/mol. The highest BCUT2D eigenvalue weighted by atomic mass is 32.2. The first kappa shape index (κ1) is 20.0. The molecule has 0 saturated heterocycles. The number of nitrogens with zero attached hydrogens (tertiary/aromatic N) is 2. The Hall–Kier alpha value is -2.74. The van der Waals surface area contributed by atoms with Crippen molar-refractivity contribution in [2.45, 2.75) is 17.8 Å². The largest absolute Gasteiger partial charge is 0.416 e. The van der Waals surface area contributed by atoms with Gasteiger partial charge >= 0.3 is 6.18 Å². The third kappa shape index (κ3) is 4.75. The van der Waals surface area contributed by atoms with Gasteiger partial charge in [0.25, 0.3) is 5.91 Å². The van der Waals surface area contributed by atoms with Crippen molar-refractivity contribution in [3.05, 3.63) is 77.6 Å². The van der Waals surface area contributed by atoms with Crippen LogP contribution in [0.1, 0.15) is 21.5 Å². The highest BCUT2D eigenvalue weighted by molar-refractivity contribution is 7.98. The molecular weight excluding hydrogens is 387 g/mol. The predicted octanol–water partition coefficient (Wildman–Crippen LogP) is 4.59. The number of aromatic nitrogens is 2. The van der Waals surface area contributed by atoms with Crippen molar-refractivity contribution in [1.82, 2.24) is 14.9 Å². The van der Waals surface area contributed by atoms with Crippen LogP contribution in [-0.4, -0.2) is 28.3 Å². The van der Waals surface area contributed by atoms with E-state index < -0.39 is 11.7 Å². The van der Waals surface area contributed by atoms with Crippen LogP contribution in [0.3, 0.4) is 0 Å². The van der Waals surface area contributed by atoms with E-state index in [2.05, 4.69) is 10.3 Å². The number of alkyl halides is 3. The third-order valence-electron chi connectivity index (χ3n) is 4.16. The highest BCUT2D eigenvalue weighted by Crippen LogP contribution is 2.29. The zero-order valence-corrected chi connectivity index (χ0v) is 15.8. The molecule has 3 rings (SSSR count). The van der Waals surface area contributed by atoms with Crippen LogP contribution in [0, 0.1) is 0 Å². The van der Waals surface area contributed by atoms with Gasteiger partial charge in [-0.3, -0.25) is 9.36 Å². The number of hydrogen-bond donors (Lipinski definition) is 1. The Morgan fingerprint density at radius 3 is 2.61 bits per heavy atom. The normalized spacial score (nSPS) is 11.4. The van der Waals surface area contributed by atoms with Crippen LogP contribution in [0.5, 0.6) is 0 Å². The fourth-order valence-electron chi connectivity index (χ4n) is 2.72. The van der Waals surface area contributed by atoms with Crippen molar-refractivity contribution < 1.29 is 18.0 Å². The van der Waals surface area contributed by atoms with E-state index in [1.54, 1.807) is 24.4 Å². The van der Waals surface area contributed by atoms with Crippen molar-refractivity contribution >= 4 is 17.7 Å². The predicted molar refractivity (Wildman–Crippen MR) is 103 cm³/mol. The summed E-state index contributed by atoms with van der Waals surface area (Å²) in [5.74, 6) is -0.237. The molecule has 1 heterocycles. The number of imidazole rings is 1. The van der Waals surface area contributed by atoms with Gasteiger partial charge in [-0.2, -0.15) is 13.2 Å². The molecule has 28 heavy (non-hydrogen) atoms. The van der Waals surface area contributed by atoms with E-state index in [1.165, 1.54) is 23.9 Å². The molecule has 0 unspecified atom stereocenters. The van der Waals surface area contributed by atoms with Crippen molar-refractivity contribution in [2.75, 3.05) is 12.8 Å². The Labute approximate surface area is 164 Å². The molecule has 4 nitrogen and oxygen atoms in total. The molecule has 0 aliphatic heterocycles. The molecule has 0 aliphatic carbocycles. The van der Waals surface area contributed by atoms with Crippen molar-refractivity contribution in [2.24, 2.45) is 0 Å². The topological polar surface area (TPSA) is 46.9 Å². The molecule has 3 aromatic rings. The van der Waals surface area contributed by atoms with E-state index in [1.807, 2.05) is 23.1 Å². The lowest BCUT2D eigenvalue weighted by Gasteiger charge is -2.10. The molecule has 146 valence electrons. The summed E-state index contributed by atoms with van der Waals surface area (Å²) in [7, 11) is 0. The van der Waals surface area contributed by atoms with Crippen LogP contribution in [-0.2, 0) is 12.6 Å². The minimum absolute atomic E-state index is 0.237. The SMILES string of the molecule is CSc1nccn1-c1cccc(C(=O)NCCc2ccc(C(F)(F)F)cc2)c1. The maximum absolute atomic E-state index is 12.6. The van der Waals surface area contributed by atoms with Crippen LogP contribution >= 0.6 is 11.8 Å².